The molecule has 0 bridgehead atoms. The second-order valence-electron chi connectivity index (χ2n) is 4.73. The fourth-order valence-electron chi connectivity index (χ4n) is 2.82. The van der Waals surface area contributed by atoms with Crippen molar-refractivity contribution < 1.29 is 4.79 Å². The summed E-state index contributed by atoms with van der Waals surface area (Å²) in [5, 5.41) is 2.87. The summed E-state index contributed by atoms with van der Waals surface area (Å²) in [4.78, 5) is 12.4. The normalized spacial score (nSPS) is 12.6. The topological polar surface area (TPSA) is 17.1 Å². The first kappa shape index (κ1) is 10.8. The van der Waals surface area contributed by atoms with Gasteiger partial charge in [0.05, 0.1) is 0 Å². The third-order valence-corrected chi connectivity index (χ3v) is 3.90. The van der Waals surface area contributed by atoms with E-state index in [4.69, 9.17) is 11.6 Å². The molecule has 0 saturated carbocycles. The molecule has 0 aliphatic heterocycles. The van der Waals surface area contributed by atoms with Crippen LogP contribution in [0.2, 0.25) is 5.02 Å². The van der Waals surface area contributed by atoms with Crippen LogP contribution in [0, 0.1) is 0 Å². The molecule has 2 heteroatoms. The molecular weight excluding hydrogens is 256 g/mol. The molecule has 0 fully saturated rings. The highest BCUT2D eigenvalue weighted by atomic mass is 35.5. The van der Waals surface area contributed by atoms with E-state index in [0.717, 1.165) is 27.5 Å². The van der Waals surface area contributed by atoms with Gasteiger partial charge in [-0.3, -0.25) is 4.79 Å². The smallest absolute Gasteiger partial charge is 0.194 e. The minimum atomic E-state index is 0.0678. The second-order valence-corrected chi connectivity index (χ2v) is 5.16. The largest absolute Gasteiger partial charge is 0.289 e. The van der Waals surface area contributed by atoms with Gasteiger partial charge in [-0.25, -0.2) is 0 Å². The highest BCUT2D eigenvalue weighted by Gasteiger charge is 2.28. The molecule has 1 aliphatic rings. The van der Waals surface area contributed by atoms with Gasteiger partial charge >= 0.3 is 0 Å². The van der Waals surface area contributed by atoms with Crippen LogP contribution in [0.25, 0.3) is 21.9 Å². The molecule has 0 atom stereocenters. The minimum absolute atomic E-state index is 0.0678. The van der Waals surface area contributed by atoms with Crippen LogP contribution in [0.5, 0.6) is 0 Å². The van der Waals surface area contributed by atoms with E-state index in [2.05, 4.69) is 12.1 Å². The molecular formula is C17H9ClO. The highest BCUT2D eigenvalue weighted by molar-refractivity contribution is 6.33. The molecule has 0 aromatic heterocycles. The third kappa shape index (κ3) is 1.39. The van der Waals surface area contributed by atoms with Crippen LogP contribution in [-0.2, 0) is 0 Å². The Kier molecular flexibility index (Phi) is 2.09. The zero-order chi connectivity index (χ0) is 13.0. The molecule has 3 aromatic carbocycles. The predicted molar refractivity (Wildman–Crippen MR) is 77.8 cm³/mol. The number of hydrogen-bond acceptors (Lipinski definition) is 1. The molecule has 1 aliphatic carbocycles. The lowest BCUT2D eigenvalue weighted by molar-refractivity contribution is 0.104. The summed E-state index contributed by atoms with van der Waals surface area (Å²) in [7, 11) is 0. The van der Waals surface area contributed by atoms with Crippen LogP contribution in [-0.4, -0.2) is 5.78 Å². The minimum Gasteiger partial charge on any atom is -0.289 e. The Bertz CT molecular complexity index is 849. The Morgan fingerprint density at radius 2 is 1.58 bits per heavy atom. The lowest BCUT2D eigenvalue weighted by Crippen LogP contribution is -1.94. The summed E-state index contributed by atoms with van der Waals surface area (Å²) in [6.07, 6.45) is 0. The van der Waals surface area contributed by atoms with Gasteiger partial charge in [-0.05, 0) is 34.5 Å². The summed E-state index contributed by atoms with van der Waals surface area (Å²) in [5.74, 6) is 0.0678. The van der Waals surface area contributed by atoms with Gasteiger partial charge in [0.25, 0.3) is 0 Å². The van der Waals surface area contributed by atoms with Gasteiger partial charge in [0.2, 0.25) is 0 Å². The van der Waals surface area contributed by atoms with E-state index in [1.54, 1.807) is 6.07 Å². The monoisotopic (exact) mass is 264 g/mol. The molecule has 0 spiro atoms. The van der Waals surface area contributed by atoms with Crippen LogP contribution in [0.15, 0.2) is 54.6 Å². The van der Waals surface area contributed by atoms with Crippen molar-refractivity contribution in [3.63, 3.8) is 0 Å². The summed E-state index contributed by atoms with van der Waals surface area (Å²) in [5.41, 5.74) is 3.51. The lowest BCUT2D eigenvalue weighted by Gasteiger charge is -2.05. The van der Waals surface area contributed by atoms with Crippen molar-refractivity contribution in [1.29, 1.82) is 0 Å². The first-order valence-electron chi connectivity index (χ1n) is 6.12. The van der Waals surface area contributed by atoms with Gasteiger partial charge in [0.1, 0.15) is 0 Å². The average molecular weight is 265 g/mol. The third-order valence-electron chi connectivity index (χ3n) is 3.67. The molecule has 3 aromatic rings. The number of carbonyl (C=O) groups is 1. The summed E-state index contributed by atoms with van der Waals surface area (Å²) >= 11 is 6.00. The van der Waals surface area contributed by atoms with Crippen molar-refractivity contribution in [2.45, 2.75) is 0 Å². The number of rotatable bonds is 0. The van der Waals surface area contributed by atoms with Gasteiger partial charge in [-0.15, -0.1) is 0 Å². The zero-order valence-corrected chi connectivity index (χ0v) is 10.7. The molecule has 1 nitrogen and oxygen atoms in total. The van der Waals surface area contributed by atoms with Gasteiger partial charge in [-0.2, -0.15) is 0 Å². The Hall–Kier alpha value is -2.12. The SMILES string of the molecule is O=C1c2cc(Cl)ccc2-c2c1ccc1ccccc21. The van der Waals surface area contributed by atoms with E-state index < -0.39 is 0 Å². The molecule has 4 rings (SSSR count). The van der Waals surface area contributed by atoms with Gasteiger partial charge in [-0.1, -0.05) is 48.0 Å². The van der Waals surface area contributed by atoms with Crippen molar-refractivity contribution >= 4 is 28.2 Å². The van der Waals surface area contributed by atoms with E-state index in [1.165, 1.54) is 0 Å². The molecule has 0 radical (unpaired) electrons. The average Bonchev–Trinajstić information content (AvgIpc) is 2.72. The van der Waals surface area contributed by atoms with Crippen LogP contribution in [0.1, 0.15) is 15.9 Å². The maximum absolute atomic E-state index is 12.4. The number of benzene rings is 3. The lowest BCUT2D eigenvalue weighted by atomic mass is 9.98. The van der Waals surface area contributed by atoms with Crippen molar-refractivity contribution in [2.75, 3.05) is 0 Å². The van der Waals surface area contributed by atoms with Gasteiger partial charge in [0.15, 0.2) is 5.78 Å². The highest BCUT2D eigenvalue weighted by Crippen LogP contribution is 2.41. The van der Waals surface area contributed by atoms with E-state index in [1.807, 2.05) is 36.4 Å². The molecule has 0 heterocycles. The first-order chi connectivity index (χ1) is 9.25. The fourth-order valence-corrected chi connectivity index (χ4v) is 2.99. The molecule has 0 amide bonds. The molecule has 19 heavy (non-hydrogen) atoms. The summed E-state index contributed by atoms with van der Waals surface area (Å²) in [6.45, 7) is 0. The number of fused-ring (bicyclic) bond motifs is 5. The number of carbonyl (C=O) groups excluding carboxylic acids is 1. The second kappa shape index (κ2) is 3.69. The summed E-state index contributed by atoms with van der Waals surface area (Å²) < 4.78 is 0. The summed E-state index contributed by atoms with van der Waals surface area (Å²) in [6, 6.07) is 17.6. The number of hydrogen-bond donors (Lipinski definition) is 0. The standard InChI is InChI=1S/C17H9ClO/c18-11-6-8-13-15(9-11)17(19)14-7-5-10-3-1-2-4-12(10)16(13)14/h1-9H. The van der Waals surface area contributed by atoms with Crippen molar-refractivity contribution in [3.05, 3.63) is 70.7 Å². The molecule has 0 unspecified atom stereocenters. The van der Waals surface area contributed by atoms with Crippen molar-refractivity contribution in [2.24, 2.45) is 0 Å². The maximum atomic E-state index is 12.4. The Balaban J connectivity index is 2.18. The Morgan fingerprint density at radius 3 is 2.47 bits per heavy atom. The van der Waals surface area contributed by atoms with E-state index in [9.17, 15) is 4.79 Å². The van der Waals surface area contributed by atoms with E-state index >= 15 is 0 Å². The van der Waals surface area contributed by atoms with Crippen molar-refractivity contribution in [1.82, 2.24) is 0 Å². The van der Waals surface area contributed by atoms with Crippen LogP contribution in [0.4, 0.5) is 0 Å². The van der Waals surface area contributed by atoms with Crippen molar-refractivity contribution in [3.8, 4) is 11.1 Å². The Morgan fingerprint density at radius 1 is 0.789 bits per heavy atom. The quantitative estimate of drug-likeness (QED) is 0.450. The molecule has 0 N–H and O–H groups in total. The van der Waals surface area contributed by atoms with Crippen LogP contribution in [0.3, 0.4) is 0 Å². The molecule has 90 valence electrons. The van der Waals surface area contributed by atoms with Crippen LogP contribution < -0.4 is 0 Å². The maximum Gasteiger partial charge on any atom is 0.194 e. The first-order valence-corrected chi connectivity index (χ1v) is 6.50. The predicted octanol–water partition coefficient (Wildman–Crippen LogP) is 4.70. The van der Waals surface area contributed by atoms with E-state index in [0.29, 0.717) is 10.6 Å². The van der Waals surface area contributed by atoms with Gasteiger partial charge in [0, 0.05) is 21.7 Å². The zero-order valence-electron chi connectivity index (χ0n) is 9.98. The van der Waals surface area contributed by atoms with Crippen LogP contribution >= 0.6 is 11.6 Å². The van der Waals surface area contributed by atoms with E-state index in [-0.39, 0.29) is 5.78 Å². The number of halogens is 1. The molecule has 0 saturated heterocycles. The Labute approximate surface area is 115 Å². The fraction of sp³-hybridized carbons (Fsp3) is 0. The number of ketones is 1. The van der Waals surface area contributed by atoms with Gasteiger partial charge < -0.3 is 0 Å².